The van der Waals surface area contributed by atoms with Gasteiger partial charge in [0.15, 0.2) is 10.9 Å². The summed E-state index contributed by atoms with van der Waals surface area (Å²) in [6.07, 6.45) is 3.27. The van der Waals surface area contributed by atoms with Gasteiger partial charge in [0.2, 0.25) is 11.9 Å². The molecule has 0 fully saturated rings. The van der Waals surface area contributed by atoms with Gasteiger partial charge in [0.05, 0.1) is 6.54 Å². The standard InChI is InChI=1S/C21H18N6O3S/c1-13(28)24-11-16-6-7-18(30-16)17-12-31-21(26-17)27-19(29)14-4-2-5-15(10-14)25-20-22-8-3-9-23-20/h2-10,12H,11H2,1H3,(H,24,28)(H,22,23,25)(H,26,27,29). The SMILES string of the molecule is CC(=O)NCc1ccc(-c2csc(NC(=O)c3cccc(Nc4ncccn4)c3)n2)o1. The molecule has 31 heavy (non-hydrogen) atoms. The molecule has 9 nitrogen and oxygen atoms in total. The second kappa shape index (κ2) is 9.18. The highest BCUT2D eigenvalue weighted by Crippen LogP contribution is 2.27. The van der Waals surface area contributed by atoms with Crippen LogP contribution >= 0.6 is 11.3 Å². The normalized spacial score (nSPS) is 10.5. The van der Waals surface area contributed by atoms with Crippen molar-refractivity contribution in [2.24, 2.45) is 0 Å². The zero-order valence-electron chi connectivity index (χ0n) is 16.5. The van der Waals surface area contributed by atoms with Gasteiger partial charge in [-0.3, -0.25) is 14.9 Å². The molecule has 4 aromatic rings. The first kappa shape index (κ1) is 20.2. The van der Waals surface area contributed by atoms with Crippen LogP contribution in [0.15, 0.2) is 64.7 Å². The molecular weight excluding hydrogens is 416 g/mol. The van der Waals surface area contributed by atoms with Gasteiger partial charge in [0, 0.05) is 35.9 Å². The Morgan fingerprint density at radius 3 is 2.74 bits per heavy atom. The lowest BCUT2D eigenvalue weighted by Gasteiger charge is -2.06. The van der Waals surface area contributed by atoms with Crippen LogP contribution in [0.2, 0.25) is 0 Å². The van der Waals surface area contributed by atoms with Gasteiger partial charge < -0.3 is 15.1 Å². The van der Waals surface area contributed by atoms with Crippen LogP contribution in [0.1, 0.15) is 23.0 Å². The maximum Gasteiger partial charge on any atom is 0.257 e. The molecule has 0 atom stereocenters. The van der Waals surface area contributed by atoms with Crippen molar-refractivity contribution in [2.45, 2.75) is 13.5 Å². The smallest absolute Gasteiger partial charge is 0.257 e. The minimum Gasteiger partial charge on any atom is -0.458 e. The summed E-state index contributed by atoms with van der Waals surface area (Å²) in [6.45, 7) is 1.75. The minimum atomic E-state index is -0.288. The summed E-state index contributed by atoms with van der Waals surface area (Å²) in [5, 5.41) is 10.8. The van der Waals surface area contributed by atoms with Crippen molar-refractivity contribution in [1.29, 1.82) is 0 Å². The molecule has 0 unspecified atom stereocenters. The first-order valence-electron chi connectivity index (χ1n) is 9.31. The van der Waals surface area contributed by atoms with E-state index in [4.69, 9.17) is 4.42 Å². The molecule has 4 rings (SSSR count). The summed E-state index contributed by atoms with van der Waals surface area (Å²) in [6, 6.07) is 12.3. The van der Waals surface area contributed by atoms with E-state index in [1.54, 1.807) is 54.2 Å². The number of anilines is 3. The highest BCUT2D eigenvalue weighted by atomic mass is 32.1. The van der Waals surface area contributed by atoms with E-state index in [0.29, 0.717) is 46.1 Å². The third kappa shape index (κ3) is 5.31. The highest BCUT2D eigenvalue weighted by molar-refractivity contribution is 7.14. The quantitative estimate of drug-likeness (QED) is 0.404. The van der Waals surface area contributed by atoms with E-state index in [1.807, 2.05) is 6.07 Å². The molecule has 1 aromatic carbocycles. The molecule has 3 N–H and O–H groups in total. The number of amides is 2. The third-order valence-corrected chi connectivity index (χ3v) is 4.85. The maximum atomic E-state index is 12.7. The molecular formula is C21H18N6O3S. The Balaban J connectivity index is 1.41. The summed E-state index contributed by atoms with van der Waals surface area (Å²) in [5.41, 5.74) is 1.76. The molecule has 0 aliphatic heterocycles. The Morgan fingerprint density at radius 1 is 1.10 bits per heavy atom. The fraction of sp³-hybridized carbons (Fsp3) is 0.0952. The van der Waals surface area contributed by atoms with Crippen molar-refractivity contribution < 1.29 is 14.0 Å². The molecule has 0 spiro atoms. The average molecular weight is 434 g/mol. The van der Waals surface area contributed by atoms with E-state index < -0.39 is 0 Å². The fourth-order valence-electron chi connectivity index (χ4n) is 2.67. The molecule has 2 amide bonds. The highest BCUT2D eigenvalue weighted by Gasteiger charge is 2.13. The Morgan fingerprint density at radius 2 is 1.94 bits per heavy atom. The van der Waals surface area contributed by atoms with Gasteiger partial charge in [-0.2, -0.15) is 0 Å². The summed E-state index contributed by atoms with van der Waals surface area (Å²) in [4.78, 5) is 36.3. The van der Waals surface area contributed by atoms with Gasteiger partial charge in [-0.25, -0.2) is 15.0 Å². The predicted octanol–water partition coefficient (Wildman–Crippen LogP) is 3.83. The van der Waals surface area contributed by atoms with Gasteiger partial charge in [-0.05, 0) is 36.4 Å². The third-order valence-electron chi connectivity index (χ3n) is 4.10. The second-order valence-corrected chi connectivity index (χ2v) is 7.30. The van der Waals surface area contributed by atoms with Crippen LogP contribution in [-0.2, 0) is 11.3 Å². The summed E-state index contributed by atoms with van der Waals surface area (Å²) in [5.74, 6) is 1.21. The van der Waals surface area contributed by atoms with E-state index >= 15 is 0 Å². The van der Waals surface area contributed by atoms with E-state index in [1.165, 1.54) is 18.3 Å². The number of hydrogen-bond acceptors (Lipinski definition) is 8. The molecule has 0 radical (unpaired) electrons. The van der Waals surface area contributed by atoms with Crippen molar-refractivity contribution in [2.75, 3.05) is 10.6 Å². The van der Waals surface area contributed by atoms with Gasteiger partial charge in [-0.15, -0.1) is 11.3 Å². The number of carbonyl (C=O) groups is 2. The molecule has 0 aliphatic carbocycles. The van der Waals surface area contributed by atoms with Crippen molar-refractivity contribution in [3.05, 3.63) is 71.6 Å². The number of benzene rings is 1. The second-order valence-electron chi connectivity index (χ2n) is 6.45. The van der Waals surface area contributed by atoms with Gasteiger partial charge in [0.25, 0.3) is 5.91 Å². The molecule has 0 bridgehead atoms. The molecule has 10 heteroatoms. The van der Waals surface area contributed by atoms with Gasteiger partial charge in [0.1, 0.15) is 11.5 Å². The number of nitrogens with zero attached hydrogens (tertiary/aromatic N) is 3. The maximum absolute atomic E-state index is 12.7. The van der Waals surface area contributed by atoms with Gasteiger partial charge >= 0.3 is 0 Å². The Hall–Kier alpha value is -4.05. The van der Waals surface area contributed by atoms with Crippen LogP contribution < -0.4 is 16.0 Å². The largest absolute Gasteiger partial charge is 0.458 e. The molecule has 0 aliphatic rings. The Bertz CT molecular complexity index is 1200. The van der Waals surface area contributed by atoms with Crippen molar-refractivity contribution in [1.82, 2.24) is 20.3 Å². The molecule has 0 saturated heterocycles. The van der Waals surface area contributed by atoms with E-state index in [0.717, 1.165) is 0 Å². The molecule has 3 heterocycles. The summed E-state index contributed by atoms with van der Waals surface area (Å²) < 4.78 is 5.69. The summed E-state index contributed by atoms with van der Waals surface area (Å²) in [7, 11) is 0. The van der Waals surface area contributed by atoms with Crippen LogP contribution in [0.3, 0.4) is 0 Å². The zero-order valence-corrected chi connectivity index (χ0v) is 17.3. The lowest BCUT2D eigenvalue weighted by molar-refractivity contribution is -0.119. The van der Waals surface area contributed by atoms with Crippen LogP contribution in [0.5, 0.6) is 0 Å². The van der Waals surface area contributed by atoms with Crippen molar-refractivity contribution >= 4 is 39.9 Å². The first-order valence-corrected chi connectivity index (χ1v) is 10.2. The Kier molecular flexibility index (Phi) is 5.99. The van der Waals surface area contributed by atoms with Crippen LogP contribution in [0, 0.1) is 0 Å². The van der Waals surface area contributed by atoms with Crippen LogP contribution in [-0.4, -0.2) is 26.8 Å². The number of thiazole rings is 1. The number of nitrogens with one attached hydrogen (secondary N) is 3. The number of hydrogen-bond donors (Lipinski definition) is 3. The minimum absolute atomic E-state index is 0.132. The lowest BCUT2D eigenvalue weighted by atomic mass is 10.2. The number of rotatable bonds is 7. The first-order chi connectivity index (χ1) is 15.1. The monoisotopic (exact) mass is 434 g/mol. The average Bonchev–Trinajstić information content (AvgIpc) is 3.43. The lowest BCUT2D eigenvalue weighted by Crippen LogP contribution is -2.18. The molecule has 156 valence electrons. The van der Waals surface area contributed by atoms with Crippen molar-refractivity contribution in [3.63, 3.8) is 0 Å². The molecule has 3 aromatic heterocycles. The summed E-state index contributed by atoms with van der Waals surface area (Å²) >= 11 is 1.29. The zero-order chi connectivity index (χ0) is 21.6. The van der Waals surface area contributed by atoms with Crippen molar-refractivity contribution in [3.8, 4) is 11.5 Å². The number of carbonyl (C=O) groups excluding carboxylic acids is 2. The predicted molar refractivity (Wildman–Crippen MR) is 117 cm³/mol. The number of aromatic nitrogens is 3. The fourth-order valence-corrected chi connectivity index (χ4v) is 3.36. The molecule has 0 saturated carbocycles. The van der Waals surface area contributed by atoms with E-state index in [-0.39, 0.29) is 11.8 Å². The number of furan rings is 1. The van der Waals surface area contributed by atoms with Gasteiger partial charge in [-0.1, -0.05) is 6.07 Å². The van der Waals surface area contributed by atoms with Crippen LogP contribution in [0.25, 0.3) is 11.5 Å². The van der Waals surface area contributed by atoms with E-state index in [2.05, 4.69) is 30.9 Å². The van der Waals surface area contributed by atoms with E-state index in [9.17, 15) is 9.59 Å². The van der Waals surface area contributed by atoms with Crippen LogP contribution in [0.4, 0.5) is 16.8 Å². The topological polar surface area (TPSA) is 122 Å². The Labute approximate surface area is 181 Å².